The molecule has 1 heterocycles. The van der Waals surface area contributed by atoms with Crippen molar-refractivity contribution in [3.8, 4) is 0 Å². The molecule has 0 saturated carbocycles. The second-order valence-electron chi connectivity index (χ2n) is 3.97. The van der Waals surface area contributed by atoms with Crippen LogP contribution < -0.4 is 4.90 Å². The highest BCUT2D eigenvalue weighted by Crippen LogP contribution is 2.22. The molecular formula is C12H15NO2. The Morgan fingerprint density at radius 3 is 2.47 bits per heavy atom. The van der Waals surface area contributed by atoms with Crippen LogP contribution in [0.4, 0.5) is 5.69 Å². The van der Waals surface area contributed by atoms with E-state index in [9.17, 15) is 4.79 Å². The summed E-state index contributed by atoms with van der Waals surface area (Å²) in [7, 11) is 0. The highest BCUT2D eigenvalue weighted by atomic mass is 16.5. The van der Waals surface area contributed by atoms with Crippen LogP contribution in [0, 0.1) is 6.92 Å². The summed E-state index contributed by atoms with van der Waals surface area (Å²) in [6, 6.07) is 8.38. The first-order valence-corrected chi connectivity index (χ1v) is 5.14. The number of benzene rings is 1. The van der Waals surface area contributed by atoms with E-state index in [0.29, 0.717) is 0 Å². The molecule has 2 rings (SSSR count). The smallest absolute Gasteiger partial charge is 0.303 e. The van der Waals surface area contributed by atoms with Gasteiger partial charge in [0, 0.05) is 12.6 Å². The van der Waals surface area contributed by atoms with E-state index in [-0.39, 0.29) is 12.1 Å². The van der Waals surface area contributed by atoms with Crippen LogP contribution in [0.2, 0.25) is 0 Å². The topological polar surface area (TPSA) is 29.5 Å². The summed E-state index contributed by atoms with van der Waals surface area (Å²) < 4.78 is 5.08. The van der Waals surface area contributed by atoms with E-state index in [2.05, 4.69) is 36.1 Å². The molecular weight excluding hydrogens is 190 g/mol. The number of hydrogen-bond acceptors (Lipinski definition) is 3. The second kappa shape index (κ2) is 3.93. The van der Waals surface area contributed by atoms with Crippen molar-refractivity contribution in [3.63, 3.8) is 0 Å². The van der Waals surface area contributed by atoms with Crippen LogP contribution in [0.1, 0.15) is 12.5 Å². The van der Waals surface area contributed by atoms with Gasteiger partial charge in [0.1, 0.15) is 6.10 Å². The van der Waals surface area contributed by atoms with Crippen LogP contribution in [0.15, 0.2) is 24.3 Å². The number of carbonyl (C=O) groups excluding carboxylic acids is 1. The molecule has 0 N–H and O–H groups in total. The van der Waals surface area contributed by atoms with Gasteiger partial charge in [-0.3, -0.25) is 4.79 Å². The van der Waals surface area contributed by atoms with Crippen molar-refractivity contribution >= 4 is 11.7 Å². The minimum atomic E-state index is -0.191. The van der Waals surface area contributed by atoms with Crippen LogP contribution in [0.25, 0.3) is 0 Å². The maximum atomic E-state index is 10.7. The Kier molecular flexibility index (Phi) is 2.62. The molecule has 1 fully saturated rings. The Bertz CT molecular complexity index is 352. The van der Waals surface area contributed by atoms with E-state index in [1.807, 2.05) is 0 Å². The first-order chi connectivity index (χ1) is 7.15. The number of hydrogen-bond donors (Lipinski definition) is 0. The van der Waals surface area contributed by atoms with Crippen LogP contribution in [-0.2, 0) is 9.53 Å². The van der Waals surface area contributed by atoms with Gasteiger partial charge in [-0.2, -0.15) is 0 Å². The Hall–Kier alpha value is -1.51. The second-order valence-corrected chi connectivity index (χ2v) is 3.97. The summed E-state index contributed by atoms with van der Waals surface area (Å²) in [6.07, 6.45) is 0.0730. The van der Waals surface area contributed by atoms with Crippen LogP contribution >= 0.6 is 0 Å². The van der Waals surface area contributed by atoms with E-state index in [4.69, 9.17) is 4.74 Å². The summed E-state index contributed by atoms with van der Waals surface area (Å²) in [5.74, 6) is -0.191. The summed E-state index contributed by atoms with van der Waals surface area (Å²) in [5.41, 5.74) is 2.46. The molecule has 0 radical (unpaired) electrons. The van der Waals surface area contributed by atoms with Crippen LogP contribution in [0.5, 0.6) is 0 Å². The predicted octanol–water partition coefficient (Wildman–Crippen LogP) is 1.75. The van der Waals surface area contributed by atoms with Crippen molar-refractivity contribution < 1.29 is 9.53 Å². The lowest BCUT2D eigenvalue weighted by Crippen LogP contribution is -2.52. The van der Waals surface area contributed by atoms with E-state index >= 15 is 0 Å². The standard InChI is InChI=1S/C12H15NO2/c1-9-3-5-11(6-4-9)13-7-12(8-13)15-10(2)14/h3-6,12H,7-8H2,1-2H3. The maximum absolute atomic E-state index is 10.7. The monoisotopic (exact) mass is 205 g/mol. The molecule has 3 heteroatoms. The maximum Gasteiger partial charge on any atom is 0.303 e. The molecule has 1 aromatic rings. The fourth-order valence-corrected chi connectivity index (χ4v) is 1.71. The Morgan fingerprint density at radius 2 is 1.93 bits per heavy atom. The molecule has 3 nitrogen and oxygen atoms in total. The van der Waals surface area contributed by atoms with E-state index in [1.54, 1.807) is 0 Å². The van der Waals surface area contributed by atoms with Gasteiger partial charge in [0.25, 0.3) is 0 Å². The Labute approximate surface area is 89.7 Å². The average molecular weight is 205 g/mol. The largest absolute Gasteiger partial charge is 0.459 e. The van der Waals surface area contributed by atoms with Crippen LogP contribution in [-0.4, -0.2) is 25.2 Å². The van der Waals surface area contributed by atoms with Gasteiger partial charge in [0.2, 0.25) is 0 Å². The summed E-state index contributed by atoms with van der Waals surface area (Å²) in [6.45, 7) is 5.14. The fraction of sp³-hybridized carbons (Fsp3) is 0.417. The number of esters is 1. The quantitative estimate of drug-likeness (QED) is 0.689. The number of nitrogens with zero attached hydrogens (tertiary/aromatic N) is 1. The number of aryl methyl sites for hydroxylation is 1. The molecule has 0 aromatic heterocycles. The number of rotatable bonds is 2. The highest BCUT2D eigenvalue weighted by molar-refractivity contribution is 5.66. The molecule has 15 heavy (non-hydrogen) atoms. The molecule has 0 unspecified atom stereocenters. The molecule has 80 valence electrons. The molecule has 0 aliphatic carbocycles. The van der Waals surface area contributed by atoms with Gasteiger partial charge >= 0.3 is 5.97 Å². The summed E-state index contributed by atoms with van der Waals surface area (Å²) >= 11 is 0. The molecule has 1 aliphatic heterocycles. The Balaban J connectivity index is 1.89. The summed E-state index contributed by atoms with van der Waals surface area (Å²) in [5, 5.41) is 0. The van der Waals surface area contributed by atoms with E-state index < -0.39 is 0 Å². The van der Waals surface area contributed by atoms with Gasteiger partial charge in [-0.15, -0.1) is 0 Å². The minimum absolute atomic E-state index is 0.0730. The molecule has 1 aromatic carbocycles. The Morgan fingerprint density at radius 1 is 1.33 bits per heavy atom. The normalized spacial score (nSPS) is 16.0. The fourth-order valence-electron chi connectivity index (χ4n) is 1.71. The first-order valence-electron chi connectivity index (χ1n) is 5.14. The third kappa shape index (κ3) is 2.29. The number of ether oxygens (including phenoxy) is 1. The average Bonchev–Trinajstić information content (AvgIpc) is 2.12. The van der Waals surface area contributed by atoms with Gasteiger partial charge in [-0.1, -0.05) is 17.7 Å². The van der Waals surface area contributed by atoms with Crippen molar-refractivity contribution in [1.29, 1.82) is 0 Å². The zero-order valence-corrected chi connectivity index (χ0v) is 9.06. The first kappa shape index (κ1) is 10.0. The van der Waals surface area contributed by atoms with E-state index in [1.165, 1.54) is 18.2 Å². The lowest BCUT2D eigenvalue weighted by atomic mass is 10.1. The molecule has 0 amide bonds. The highest BCUT2D eigenvalue weighted by Gasteiger charge is 2.29. The number of carbonyl (C=O) groups is 1. The third-order valence-electron chi connectivity index (χ3n) is 2.58. The van der Waals surface area contributed by atoms with Gasteiger partial charge in [-0.05, 0) is 19.1 Å². The van der Waals surface area contributed by atoms with Crippen molar-refractivity contribution in [2.45, 2.75) is 20.0 Å². The minimum Gasteiger partial charge on any atom is -0.459 e. The lowest BCUT2D eigenvalue weighted by Gasteiger charge is -2.40. The van der Waals surface area contributed by atoms with Crippen molar-refractivity contribution in [1.82, 2.24) is 0 Å². The van der Waals surface area contributed by atoms with Crippen molar-refractivity contribution in [3.05, 3.63) is 29.8 Å². The molecule has 1 saturated heterocycles. The zero-order chi connectivity index (χ0) is 10.8. The molecule has 0 spiro atoms. The predicted molar refractivity (Wildman–Crippen MR) is 58.9 cm³/mol. The zero-order valence-electron chi connectivity index (χ0n) is 9.06. The van der Waals surface area contributed by atoms with Crippen molar-refractivity contribution in [2.75, 3.05) is 18.0 Å². The molecule has 0 bridgehead atoms. The SMILES string of the molecule is CC(=O)OC1CN(c2ccc(C)cc2)C1. The molecule has 1 aliphatic rings. The lowest BCUT2D eigenvalue weighted by molar-refractivity contribution is -0.147. The summed E-state index contributed by atoms with van der Waals surface area (Å²) in [4.78, 5) is 12.9. The van der Waals surface area contributed by atoms with Gasteiger partial charge in [-0.25, -0.2) is 0 Å². The van der Waals surface area contributed by atoms with Crippen LogP contribution in [0.3, 0.4) is 0 Å². The van der Waals surface area contributed by atoms with Gasteiger partial charge < -0.3 is 9.64 Å². The van der Waals surface area contributed by atoms with Crippen molar-refractivity contribution in [2.24, 2.45) is 0 Å². The van der Waals surface area contributed by atoms with Gasteiger partial charge in [0.05, 0.1) is 13.1 Å². The molecule has 0 atom stereocenters. The van der Waals surface area contributed by atoms with E-state index in [0.717, 1.165) is 13.1 Å². The number of anilines is 1. The third-order valence-corrected chi connectivity index (χ3v) is 2.58. The van der Waals surface area contributed by atoms with Gasteiger partial charge in [0.15, 0.2) is 0 Å².